The summed E-state index contributed by atoms with van der Waals surface area (Å²) in [5, 5.41) is 6.92. The topological polar surface area (TPSA) is 73.9 Å². The molecule has 0 bridgehead atoms. The zero-order valence-corrected chi connectivity index (χ0v) is 20.6. The van der Waals surface area contributed by atoms with Gasteiger partial charge in [0, 0.05) is 47.5 Å². The van der Waals surface area contributed by atoms with E-state index in [9.17, 15) is 9.59 Å². The van der Waals surface area contributed by atoms with Crippen LogP contribution in [0.2, 0.25) is 5.02 Å². The molecule has 1 fully saturated rings. The molecule has 2 heterocycles. The van der Waals surface area contributed by atoms with Crippen LogP contribution in [0.5, 0.6) is 5.75 Å². The number of methoxy groups -OCH3 is 1. The summed E-state index contributed by atoms with van der Waals surface area (Å²) in [5.74, 6) is 0.270. The van der Waals surface area contributed by atoms with E-state index in [4.69, 9.17) is 28.6 Å². The van der Waals surface area contributed by atoms with E-state index in [0.29, 0.717) is 40.0 Å². The first kappa shape index (κ1) is 23.4. The van der Waals surface area contributed by atoms with Gasteiger partial charge in [0.05, 0.1) is 12.1 Å². The van der Waals surface area contributed by atoms with Gasteiger partial charge < -0.3 is 19.9 Å². The Morgan fingerprint density at radius 1 is 1.12 bits per heavy atom. The Balaban J connectivity index is 1.42. The maximum absolute atomic E-state index is 12.8. The number of nitrogens with one attached hydrogen (secondary N) is 2. The minimum Gasteiger partial charge on any atom is -0.497 e. The predicted molar refractivity (Wildman–Crippen MR) is 137 cm³/mol. The number of carbonyl (C=O) groups is 2. The van der Waals surface area contributed by atoms with E-state index in [1.807, 2.05) is 24.1 Å². The normalized spacial score (nSPS) is 14.2. The first-order chi connectivity index (χ1) is 15.9. The molecule has 10 heteroatoms. The number of likely N-dealkylation sites (N-methyl/N-ethyl adjacent to an activating group) is 1. The maximum atomic E-state index is 12.8. The molecule has 0 spiro atoms. The second kappa shape index (κ2) is 10.0. The average molecular weight is 503 g/mol. The lowest BCUT2D eigenvalue weighted by molar-refractivity contribution is 0.0664. The molecule has 1 aliphatic heterocycles. The molecule has 0 unspecified atom stereocenters. The Labute approximate surface area is 206 Å². The van der Waals surface area contributed by atoms with Crippen LogP contribution in [-0.2, 0) is 0 Å². The number of ether oxygens (including phenoxy) is 1. The van der Waals surface area contributed by atoms with Crippen molar-refractivity contribution in [3.63, 3.8) is 0 Å². The van der Waals surface area contributed by atoms with Crippen LogP contribution in [0.4, 0.5) is 5.69 Å². The molecule has 3 aromatic rings. The lowest BCUT2D eigenvalue weighted by Gasteiger charge is -2.32. The Hall–Kier alpha value is -2.72. The first-order valence-electron chi connectivity index (χ1n) is 10.3. The van der Waals surface area contributed by atoms with E-state index < -0.39 is 5.91 Å². The summed E-state index contributed by atoms with van der Waals surface area (Å²) in [6.07, 6.45) is 0. The number of nitrogens with zero attached hydrogens (tertiary/aromatic N) is 2. The quantitative estimate of drug-likeness (QED) is 0.524. The number of thiocarbonyl (C=S) groups is 1. The van der Waals surface area contributed by atoms with Gasteiger partial charge in [0.2, 0.25) is 0 Å². The standard InChI is InChI=1S/C23H23ClN4O3S2/c1-27-8-10-28(11-9-27)22(30)14-4-3-5-15(12-14)25-23(32)26-21(29)20-19(24)17-7-6-16(31-2)13-18(17)33-20/h3-7,12-13H,8-11H2,1-2H3,(H2,25,26,29,32). The SMILES string of the molecule is COc1ccc2c(Cl)c(C(=O)NC(=S)Nc3cccc(C(=O)N4CCN(C)CC4)c3)sc2c1. The van der Waals surface area contributed by atoms with Crippen LogP contribution in [-0.4, -0.2) is 67.1 Å². The van der Waals surface area contributed by atoms with Crippen molar-refractivity contribution >= 4 is 67.9 Å². The van der Waals surface area contributed by atoms with Gasteiger partial charge in [0.25, 0.3) is 11.8 Å². The van der Waals surface area contributed by atoms with Crippen molar-refractivity contribution in [2.45, 2.75) is 0 Å². The third kappa shape index (κ3) is 5.27. The van der Waals surface area contributed by atoms with E-state index in [0.717, 1.165) is 23.2 Å². The molecular formula is C23H23ClN4O3S2. The number of anilines is 1. The maximum Gasteiger partial charge on any atom is 0.269 e. The van der Waals surface area contributed by atoms with E-state index in [1.165, 1.54) is 11.3 Å². The summed E-state index contributed by atoms with van der Waals surface area (Å²) in [4.78, 5) is 30.0. The van der Waals surface area contributed by atoms with Gasteiger partial charge in [-0.15, -0.1) is 11.3 Å². The molecule has 0 aliphatic carbocycles. The summed E-state index contributed by atoms with van der Waals surface area (Å²) in [5.41, 5.74) is 1.19. The summed E-state index contributed by atoms with van der Waals surface area (Å²) < 4.78 is 6.08. The summed E-state index contributed by atoms with van der Waals surface area (Å²) >= 11 is 13.0. The molecular weight excluding hydrogens is 480 g/mol. The highest BCUT2D eigenvalue weighted by Crippen LogP contribution is 2.37. The van der Waals surface area contributed by atoms with Gasteiger partial charge in [-0.25, -0.2) is 0 Å². The number of fused-ring (bicyclic) bond motifs is 1. The van der Waals surface area contributed by atoms with Crippen molar-refractivity contribution in [2.24, 2.45) is 0 Å². The lowest BCUT2D eigenvalue weighted by Crippen LogP contribution is -2.47. The molecule has 0 atom stereocenters. The number of hydrogen-bond donors (Lipinski definition) is 2. The number of amides is 2. The van der Waals surface area contributed by atoms with Crippen molar-refractivity contribution in [2.75, 3.05) is 45.7 Å². The lowest BCUT2D eigenvalue weighted by atomic mass is 10.1. The summed E-state index contributed by atoms with van der Waals surface area (Å²) in [7, 11) is 3.63. The number of piperazine rings is 1. The van der Waals surface area contributed by atoms with Gasteiger partial charge in [-0.3, -0.25) is 14.9 Å². The van der Waals surface area contributed by atoms with Gasteiger partial charge in [-0.1, -0.05) is 17.7 Å². The van der Waals surface area contributed by atoms with Crippen LogP contribution in [0.1, 0.15) is 20.0 Å². The third-order valence-electron chi connectivity index (χ3n) is 5.43. The molecule has 1 aromatic heterocycles. The molecule has 172 valence electrons. The summed E-state index contributed by atoms with van der Waals surface area (Å²) in [6, 6.07) is 12.5. The van der Waals surface area contributed by atoms with Crippen LogP contribution < -0.4 is 15.4 Å². The van der Waals surface area contributed by atoms with E-state index in [2.05, 4.69) is 15.5 Å². The number of hydrogen-bond acceptors (Lipinski definition) is 6. The highest BCUT2D eigenvalue weighted by molar-refractivity contribution is 7.80. The number of benzene rings is 2. The van der Waals surface area contributed by atoms with Crippen LogP contribution in [0, 0.1) is 0 Å². The number of thiophene rings is 1. The zero-order valence-electron chi connectivity index (χ0n) is 18.2. The fraction of sp³-hybridized carbons (Fsp3) is 0.261. The molecule has 33 heavy (non-hydrogen) atoms. The fourth-order valence-electron chi connectivity index (χ4n) is 3.56. The first-order valence-corrected chi connectivity index (χ1v) is 11.9. The van der Waals surface area contributed by atoms with Crippen molar-refractivity contribution in [3.05, 3.63) is 57.9 Å². The summed E-state index contributed by atoms with van der Waals surface area (Å²) in [6.45, 7) is 3.10. The second-order valence-electron chi connectivity index (χ2n) is 7.69. The molecule has 0 saturated carbocycles. The molecule has 2 amide bonds. The predicted octanol–water partition coefficient (Wildman–Crippen LogP) is 4.08. The fourth-order valence-corrected chi connectivity index (χ4v) is 5.21. The molecule has 0 radical (unpaired) electrons. The molecule has 2 N–H and O–H groups in total. The van der Waals surface area contributed by atoms with E-state index in [1.54, 1.807) is 37.4 Å². The molecule has 2 aromatic carbocycles. The molecule has 4 rings (SSSR count). The van der Waals surface area contributed by atoms with Crippen molar-refractivity contribution in [3.8, 4) is 5.75 Å². The highest BCUT2D eigenvalue weighted by atomic mass is 35.5. The smallest absolute Gasteiger partial charge is 0.269 e. The van der Waals surface area contributed by atoms with E-state index in [-0.39, 0.29) is 11.0 Å². The van der Waals surface area contributed by atoms with Gasteiger partial charge in [0.15, 0.2) is 5.11 Å². The third-order valence-corrected chi connectivity index (χ3v) is 7.29. The van der Waals surface area contributed by atoms with Crippen molar-refractivity contribution < 1.29 is 14.3 Å². The van der Waals surface area contributed by atoms with Crippen molar-refractivity contribution in [1.29, 1.82) is 0 Å². The Kier molecular flexibility index (Phi) is 7.14. The molecule has 1 saturated heterocycles. The van der Waals surface area contributed by atoms with Crippen LogP contribution >= 0.6 is 35.2 Å². The van der Waals surface area contributed by atoms with Gasteiger partial charge in [-0.05, 0) is 55.7 Å². The van der Waals surface area contributed by atoms with Crippen LogP contribution in [0.25, 0.3) is 10.1 Å². The number of carbonyl (C=O) groups excluding carboxylic acids is 2. The Bertz CT molecular complexity index is 1220. The minimum absolute atomic E-state index is 0.0193. The second-order valence-corrected chi connectivity index (χ2v) is 9.53. The zero-order chi connectivity index (χ0) is 23.5. The molecule has 1 aliphatic rings. The van der Waals surface area contributed by atoms with E-state index >= 15 is 0 Å². The van der Waals surface area contributed by atoms with Crippen LogP contribution in [0.3, 0.4) is 0 Å². The minimum atomic E-state index is -0.401. The Morgan fingerprint density at radius 3 is 2.61 bits per heavy atom. The largest absolute Gasteiger partial charge is 0.497 e. The van der Waals surface area contributed by atoms with Crippen LogP contribution in [0.15, 0.2) is 42.5 Å². The van der Waals surface area contributed by atoms with Gasteiger partial charge in [0.1, 0.15) is 10.6 Å². The molecule has 7 nitrogen and oxygen atoms in total. The monoisotopic (exact) mass is 502 g/mol. The number of rotatable bonds is 4. The van der Waals surface area contributed by atoms with Gasteiger partial charge >= 0.3 is 0 Å². The Morgan fingerprint density at radius 2 is 1.88 bits per heavy atom. The number of halogens is 1. The average Bonchev–Trinajstić information content (AvgIpc) is 3.15. The van der Waals surface area contributed by atoms with Gasteiger partial charge in [-0.2, -0.15) is 0 Å². The highest BCUT2D eigenvalue weighted by Gasteiger charge is 2.21. The van der Waals surface area contributed by atoms with Crippen molar-refractivity contribution in [1.82, 2.24) is 15.1 Å².